The van der Waals surface area contributed by atoms with Crippen molar-refractivity contribution < 1.29 is 19.0 Å². The molecular weight excluding hydrogens is 412 g/mol. The van der Waals surface area contributed by atoms with E-state index in [9.17, 15) is 4.79 Å². The van der Waals surface area contributed by atoms with E-state index in [2.05, 4.69) is 27.7 Å². The SMILES string of the molecule is COc1ccc(NC(=O)CN2CCc3cc(OC)c(OC)cc3C2c2cccs2)cc1. The minimum Gasteiger partial charge on any atom is -0.497 e. The lowest BCUT2D eigenvalue weighted by atomic mass is 9.91. The summed E-state index contributed by atoms with van der Waals surface area (Å²) in [7, 11) is 4.92. The zero-order valence-electron chi connectivity index (χ0n) is 17.9. The summed E-state index contributed by atoms with van der Waals surface area (Å²) < 4.78 is 16.2. The Morgan fingerprint density at radius 2 is 1.81 bits per heavy atom. The fourth-order valence-corrected chi connectivity index (χ4v) is 4.88. The average molecular weight is 439 g/mol. The molecular formula is C24H26N2O4S. The number of thiophene rings is 1. The molecule has 1 atom stereocenters. The number of ether oxygens (including phenoxy) is 3. The molecule has 0 radical (unpaired) electrons. The number of anilines is 1. The van der Waals surface area contributed by atoms with E-state index in [0.717, 1.165) is 35.7 Å². The third-order valence-corrected chi connectivity index (χ3v) is 6.43. The summed E-state index contributed by atoms with van der Waals surface area (Å²) in [4.78, 5) is 16.3. The number of carbonyl (C=O) groups excluding carboxylic acids is 1. The smallest absolute Gasteiger partial charge is 0.238 e. The predicted octanol–water partition coefficient (Wildman–Crippen LogP) is 4.36. The predicted molar refractivity (Wildman–Crippen MR) is 123 cm³/mol. The van der Waals surface area contributed by atoms with Gasteiger partial charge in [0.1, 0.15) is 5.75 Å². The highest BCUT2D eigenvalue weighted by Crippen LogP contribution is 2.42. The molecule has 1 aromatic heterocycles. The van der Waals surface area contributed by atoms with Crippen LogP contribution in [-0.4, -0.2) is 45.2 Å². The molecule has 0 saturated heterocycles. The maximum atomic E-state index is 12.9. The molecule has 1 amide bonds. The summed E-state index contributed by atoms with van der Waals surface area (Å²) >= 11 is 1.70. The summed E-state index contributed by atoms with van der Waals surface area (Å²) in [5.41, 5.74) is 3.13. The number of methoxy groups -OCH3 is 3. The van der Waals surface area contributed by atoms with Gasteiger partial charge in [0.2, 0.25) is 5.91 Å². The lowest BCUT2D eigenvalue weighted by Crippen LogP contribution is -2.40. The van der Waals surface area contributed by atoms with Gasteiger partial charge < -0.3 is 19.5 Å². The van der Waals surface area contributed by atoms with Gasteiger partial charge in [0.25, 0.3) is 0 Å². The molecule has 2 heterocycles. The van der Waals surface area contributed by atoms with E-state index in [1.54, 1.807) is 32.7 Å². The Bertz CT molecular complexity index is 1030. The van der Waals surface area contributed by atoms with E-state index in [4.69, 9.17) is 14.2 Å². The first-order valence-corrected chi connectivity index (χ1v) is 11.0. The van der Waals surface area contributed by atoms with Crippen LogP contribution in [0, 0.1) is 0 Å². The average Bonchev–Trinajstić information content (AvgIpc) is 3.32. The van der Waals surface area contributed by atoms with Crippen molar-refractivity contribution >= 4 is 22.9 Å². The molecule has 0 saturated carbocycles. The minimum atomic E-state index is -0.0457. The molecule has 0 fully saturated rings. The van der Waals surface area contributed by atoms with Gasteiger partial charge in [-0.2, -0.15) is 0 Å². The molecule has 1 aliphatic rings. The van der Waals surface area contributed by atoms with Gasteiger partial charge in [-0.3, -0.25) is 9.69 Å². The van der Waals surface area contributed by atoms with Crippen LogP contribution in [0.1, 0.15) is 22.0 Å². The molecule has 0 aliphatic carbocycles. The van der Waals surface area contributed by atoms with Crippen molar-refractivity contribution in [2.75, 3.05) is 39.7 Å². The lowest BCUT2D eigenvalue weighted by Gasteiger charge is -2.37. The Morgan fingerprint density at radius 1 is 1.06 bits per heavy atom. The summed E-state index contributed by atoms with van der Waals surface area (Å²) in [5.74, 6) is 2.15. The molecule has 0 spiro atoms. The van der Waals surface area contributed by atoms with Crippen LogP contribution in [0.5, 0.6) is 17.2 Å². The van der Waals surface area contributed by atoms with Crippen molar-refractivity contribution in [2.45, 2.75) is 12.5 Å². The number of hydrogen-bond donors (Lipinski definition) is 1. The van der Waals surface area contributed by atoms with E-state index >= 15 is 0 Å². The van der Waals surface area contributed by atoms with Gasteiger partial charge in [-0.25, -0.2) is 0 Å². The number of fused-ring (bicyclic) bond motifs is 1. The maximum absolute atomic E-state index is 12.9. The first-order valence-electron chi connectivity index (χ1n) is 10.1. The topological polar surface area (TPSA) is 60.0 Å². The molecule has 0 bridgehead atoms. The van der Waals surface area contributed by atoms with Crippen molar-refractivity contribution in [3.63, 3.8) is 0 Å². The first kappa shape index (κ1) is 21.2. The normalized spacial score (nSPS) is 15.8. The van der Waals surface area contributed by atoms with Gasteiger partial charge in [0.05, 0.1) is 33.9 Å². The second kappa shape index (κ2) is 9.41. The monoisotopic (exact) mass is 438 g/mol. The van der Waals surface area contributed by atoms with Gasteiger partial charge in [0, 0.05) is 17.1 Å². The molecule has 162 valence electrons. The summed E-state index contributed by atoms with van der Waals surface area (Å²) in [5, 5.41) is 5.06. The summed E-state index contributed by atoms with van der Waals surface area (Å²) in [6, 6.07) is 15.6. The van der Waals surface area contributed by atoms with E-state index < -0.39 is 0 Å². The number of benzene rings is 2. The third-order valence-electron chi connectivity index (χ3n) is 5.51. The maximum Gasteiger partial charge on any atom is 0.238 e. The Kier molecular flexibility index (Phi) is 6.44. The summed E-state index contributed by atoms with van der Waals surface area (Å²) in [6.45, 7) is 1.07. The summed E-state index contributed by atoms with van der Waals surface area (Å²) in [6.07, 6.45) is 0.841. The van der Waals surface area contributed by atoms with Crippen molar-refractivity contribution in [3.8, 4) is 17.2 Å². The molecule has 6 nitrogen and oxygen atoms in total. The van der Waals surface area contributed by atoms with E-state index in [-0.39, 0.29) is 11.9 Å². The Hall–Kier alpha value is -3.03. The molecule has 4 rings (SSSR count). The Morgan fingerprint density at radius 3 is 2.45 bits per heavy atom. The number of hydrogen-bond acceptors (Lipinski definition) is 6. The zero-order chi connectivity index (χ0) is 21.8. The van der Waals surface area contributed by atoms with Crippen LogP contribution in [0.15, 0.2) is 53.9 Å². The zero-order valence-corrected chi connectivity index (χ0v) is 18.7. The van der Waals surface area contributed by atoms with Gasteiger partial charge in [0.15, 0.2) is 11.5 Å². The van der Waals surface area contributed by atoms with Gasteiger partial charge in [-0.1, -0.05) is 6.07 Å². The first-order chi connectivity index (χ1) is 15.1. The third kappa shape index (κ3) is 4.52. The molecule has 1 unspecified atom stereocenters. The van der Waals surface area contributed by atoms with Gasteiger partial charge >= 0.3 is 0 Å². The van der Waals surface area contributed by atoms with E-state index in [0.29, 0.717) is 12.3 Å². The second-order valence-corrected chi connectivity index (χ2v) is 8.30. The number of rotatable bonds is 7. The van der Waals surface area contributed by atoms with Gasteiger partial charge in [-0.05, 0) is 65.4 Å². The van der Waals surface area contributed by atoms with E-state index in [1.807, 2.05) is 36.4 Å². The fraction of sp³-hybridized carbons (Fsp3) is 0.292. The number of nitrogens with one attached hydrogen (secondary N) is 1. The van der Waals surface area contributed by atoms with Crippen molar-refractivity contribution in [2.24, 2.45) is 0 Å². The molecule has 1 N–H and O–H groups in total. The fourth-order valence-electron chi connectivity index (χ4n) is 4.01. The van der Waals surface area contributed by atoms with Crippen molar-refractivity contribution in [1.29, 1.82) is 0 Å². The van der Waals surface area contributed by atoms with Crippen LogP contribution in [0.3, 0.4) is 0 Å². The van der Waals surface area contributed by atoms with Crippen LogP contribution in [0.25, 0.3) is 0 Å². The highest BCUT2D eigenvalue weighted by Gasteiger charge is 2.32. The standard InChI is InChI=1S/C24H26N2O4S/c1-28-18-8-6-17(7-9-18)25-23(27)15-26-11-10-16-13-20(29-2)21(30-3)14-19(16)24(26)22-5-4-12-31-22/h4-9,12-14,24H,10-11,15H2,1-3H3,(H,25,27). The van der Waals surface area contributed by atoms with Crippen LogP contribution < -0.4 is 19.5 Å². The molecule has 3 aromatic rings. The van der Waals surface area contributed by atoms with Crippen LogP contribution in [0.4, 0.5) is 5.69 Å². The van der Waals surface area contributed by atoms with E-state index in [1.165, 1.54) is 10.4 Å². The minimum absolute atomic E-state index is 0.00910. The molecule has 2 aromatic carbocycles. The lowest BCUT2D eigenvalue weighted by molar-refractivity contribution is -0.117. The van der Waals surface area contributed by atoms with Crippen molar-refractivity contribution in [3.05, 3.63) is 69.9 Å². The highest BCUT2D eigenvalue weighted by molar-refractivity contribution is 7.10. The van der Waals surface area contributed by atoms with Gasteiger partial charge in [-0.15, -0.1) is 11.3 Å². The Labute approximate surface area is 186 Å². The number of carbonyl (C=O) groups is 1. The van der Waals surface area contributed by atoms with Crippen LogP contribution >= 0.6 is 11.3 Å². The highest BCUT2D eigenvalue weighted by atomic mass is 32.1. The molecule has 31 heavy (non-hydrogen) atoms. The van der Waals surface area contributed by atoms with Crippen molar-refractivity contribution in [1.82, 2.24) is 4.90 Å². The largest absolute Gasteiger partial charge is 0.497 e. The quantitative estimate of drug-likeness (QED) is 0.594. The Balaban J connectivity index is 1.59. The molecule has 7 heteroatoms. The number of amides is 1. The number of nitrogens with zero attached hydrogens (tertiary/aromatic N) is 1. The second-order valence-electron chi connectivity index (χ2n) is 7.32. The molecule has 1 aliphatic heterocycles. The van der Waals surface area contributed by atoms with Crippen LogP contribution in [0.2, 0.25) is 0 Å². The van der Waals surface area contributed by atoms with Crippen LogP contribution in [-0.2, 0) is 11.2 Å².